The number of piperazine rings is 1. The smallest absolute Gasteiger partial charge is 0.243 e. The van der Waals surface area contributed by atoms with Crippen molar-refractivity contribution in [3.8, 4) is 0 Å². The number of nitrogens with one attached hydrogen (secondary N) is 1. The van der Waals surface area contributed by atoms with Gasteiger partial charge in [-0.15, -0.1) is 0 Å². The summed E-state index contributed by atoms with van der Waals surface area (Å²) < 4.78 is 0. The van der Waals surface area contributed by atoms with Gasteiger partial charge in [-0.3, -0.25) is 9.59 Å². The second-order valence-corrected chi connectivity index (χ2v) is 5.23. The lowest BCUT2D eigenvalue weighted by molar-refractivity contribution is -0.146. The van der Waals surface area contributed by atoms with E-state index in [1.807, 2.05) is 6.92 Å². The molecule has 2 amide bonds. The molecule has 0 spiro atoms. The van der Waals surface area contributed by atoms with Crippen LogP contribution in [0.15, 0.2) is 18.2 Å². The van der Waals surface area contributed by atoms with Gasteiger partial charge in [0.1, 0.15) is 6.04 Å². The molecule has 1 atom stereocenters. The highest BCUT2D eigenvalue weighted by molar-refractivity contribution is 6.42. The first-order valence-electron chi connectivity index (χ1n) is 6.04. The Kier molecular flexibility index (Phi) is 4.32. The van der Waals surface area contributed by atoms with Crippen LogP contribution in [-0.2, 0) is 16.1 Å². The van der Waals surface area contributed by atoms with Crippen LogP contribution >= 0.6 is 23.2 Å². The minimum Gasteiger partial charge on any atom is -0.345 e. The van der Waals surface area contributed by atoms with Crippen molar-refractivity contribution < 1.29 is 9.59 Å². The van der Waals surface area contributed by atoms with E-state index in [0.29, 0.717) is 23.0 Å². The third kappa shape index (κ3) is 3.01. The van der Waals surface area contributed by atoms with Crippen LogP contribution in [-0.4, -0.2) is 29.3 Å². The molecule has 1 fully saturated rings. The van der Waals surface area contributed by atoms with Crippen LogP contribution in [0.4, 0.5) is 0 Å². The molecule has 6 heteroatoms. The van der Waals surface area contributed by atoms with Crippen molar-refractivity contribution in [3.63, 3.8) is 0 Å². The summed E-state index contributed by atoms with van der Waals surface area (Å²) in [6, 6.07) is 4.79. The van der Waals surface area contributed by atoms with Crippen molar-refractivity contribution in [1.82, 2.24) is 10.2 Å². The predicted molar refractivity (Wildman–Crippen MR) is 74.1 cm³/mol. The average molecular weight is 301 g/mol. The van der Waals surface area contributed by atoms with Crippen LogP contribution in [0.2, 0.25) is 10.0 Å². The zero-order valence-corrected chi connectivity index (χ0v) is 12.0. The van der Waals surface area contributed by atoms with Crippen molar-refractivity contribution in [1.29, 1.82) is 0 Å². The first-order chi connectivity index (χ1) is 9.02. The summed E-state index contributed by atoms with van der Waals surface area (Å²) in [5.74, 6) is -0.195. The summed E-state index contributed by atoms with van der Waals surface area (Å²) in [5.41, 5.74) is 0.857. The third-order valence-corrected chi connectivity index (χ3v) is 3.88. The van der Waals surface area contributed by atoms with Gasteiger partial charge in [-0.2, -0.15) is 0 Å². The summed E-state index contributed by atoms with van der Waals surface area (Å²) in [4.78, 5) is 25.2. The number of rotatable bonds is 3. The normalized spacial score (nSPS) is 19.5. The van der Waals surface area contributed by atoms with E-state index in [1.54, 1.807) is 23.1 Å². The fourth-order valence-corrected chi connectivity index (χ4v) is 2.46. The summed E-state index contributed by atoms with van der Waals surface area (Å²) in [7, 11) is 0. The van der Waals surface area contributed by atoms with Gasteiger partial charge in [-0.05, 0) is 24.1 Å². The second kappa shape index (κ2) is 5.80. The second-order valence-electron chi connectivity index (χ2n) is 4.41. The van der Waals surface area contributed by atoms with Crippen LogP contribution in [0.5, 0.6) is 0 Å². The fourth-order valence-electron chi connectivity index (χ4n) is 2.14. The predicted octanol–water partition coefficient (Wildman–Crippen LogP) is 2.23. The molecule has 1 aliphatic rings. The highest BCUT2D eigenvalue weighted by Gasteiger charge is 2.32. The number of hydrogen-bond donors (Lipinski definition) is 1. The monoisotopic (exact) mass is 300 g/mol. The molecular formula is C13H14Cl2N2O2. The number of amides is 2. The maximum atomic E-state index is 11.9. The van der Waals surface area contributed by atoms with E-state index in [4.69, 9.17) is 23.2 Å². The number of halogens is 2. The molecule has 19 heavy (non-hydrogen) atoms. The maximum absolute atomic E-state index is 11.9. The van der Waals surface area contributed by atoms with Gasteiger partial charge in [0.05, 0.1) is 16.6 Å². The van der Waals surface area contributed by atoms with Gasteiger partial charge in [0.15, 0.2) is 0 Å². The number of benzene rings is 1. The molecule has 0 aromatic heterocycles. The molecule has 1 N–H and O–H groups in total. The van der Waals surface area contributed by atoms with E-state index in [1.165, 1.54) is 0 Å². The van der Waals surface area contributed by atoms with E-state index in [-0.39, 0.29) is 18.4 Å². The number of carbonyl (C=O) groups excluding carboxylic acids is 2. The van der Waals surface area contributed by atoms with Crippen LogP contribution in [0.1, 0.15) is 18.9 Å². The molecule has 1 heterocycles. The van der Waals surface area contributed by atoms with Crippen molar-refractivity contribution in [2.75, 3.05) is 6.54 Å². The molecule has 1 saturated heterocycles. The molecule has 0 saturated carbocycles. The molecule has 4 nitrogen and oxygen atoms in total. The zero-order chi connectivity index (χ0) is 14.0. The van der Waals surface area contributed by atoms with Gasteiger partial charge < -0.3 is 10.2 Å². The number of hydrogen-bond acceptors (Lipinski definition) is 2. The Bertz CT molecular complexity index is 519. The molecule has 1 aromatic carbocycles. The lowest BCUT2D eigenvalue weighted by Gasteiger charge is -2.34. The molecular weight excluding hydrogens is 287 g/mol. The zero-order valence-electron chi connectivity index (χ0n) is 10.5. The number of nitrogens with zero attached hydrogens (tertiary/aromatic N) is 1. The minimum absolute atomic E-state index is 0.0522. The van der Waals surface area contributed by atoms with Gasteiger partial charge in [0.2, 0.25) is 11.8 Å². The lowest BCUT2D eigenvalue weighted by atomic mass is 10.1. The Morgan fingerprint density at radius 1 is 1.32 bits per heavy atom. The first kappa shape index (κ1) is 14.2. The molecule has 0 radical (unpaired) electrons. The molecule has 0 aliphatic carbocycles. The van der Waals surface area contributed by atoms with Crippen LogP contribution < -0.4 is 5.32 Å². The van der Waals surface area contributed by atoms with Crippen molar-refractivity contribution in [3.05, 3.63) is 33.8 Å². The van der Waals surface area contributed by atoms with E-state index < -0.39 is 6.04 Å². The van der Waals surface area contributed by atoms with Crippen molar-refractivity contribution in [2.45, 2.75) is 25.9 Å². The van der Waals surface area contributed by atoms with E-state index in [9.17, 15) is 9.59 Å². The highest BCUT2D eigenvalue weighted by atomic mass is 35.5. The summed E-state index contributed by atoms with van der Waals surface area (Å²) in [6.45, 7) is 2.29. The quantitative estimate of drug-likeness (QED) is 0.930. The molecule has 0 bridgehead atoms. The van der Waals surface area contributed by atoms with Crippen molar-refractivity contribution in [2.24, 2.45) is 0 Å². The average Bonchev–Trinajstić information content (AvgIpc) is 2.38. The van der Waals surface area contributed by atoms with Gasteiger partial charge in [0.25, 0.3) is 0 Å². The SMILES string of the molecule is CCC1C(=O)NCC(=O)N1Cc1ccc(Cl)c(Cl)c1. The van der Waals surface area contributed by atoms with Crippen LogP contribution in [0.25, 0.3) is 0 Å². The van der Waals surface area contributed by atoms with Gasteiger partial charge >= 0.3 is 0 Å². The number of carbonyl (C=O) groups is 2. The first-order valence-corrected chi connectivity index (χ1v) is 6.79. The van der Waals surface area contributed by atoms with E-state index >= 15 is 0 Å². The Morgan fingerprint density at radius 3 is 2.68 bits per heavy atom. The Labute approximate surface area is 121 Å². The third-order valence-electron chi connectivity index (χ3n) is 3.14. The van der Waals surface area contributed by atoms with Crippen LogP contribution in [0, 0.1) is 0 Å². The van der Waals surface area contributed by atoms with Gasteiger partial charge in [0, 0.05) is 6.54 Å². The lowest BCUT2D eigenvalue weighted by Crippen LogP contribution is -2.57. The Balaban J connectivity index is 2.21. The molecule has 1 aliphatic heterocycles. The van der Waals surface area contributed by atoms with E-state index in [2.05, 4.69) is 5.32 Å². The molecule has 1 unspecified atom stereocenters. The largest absolute Gasteiger partial charge is 0.345 e. The molecule has 1 aromatic rings. The van der Waals surface area contributed by atoms with Crippen molar-refractivity contribution >= 4 is 35.0 Å². The summed E-state index contributed by atoms with van der Waals surface area (Å²) in [5, 5.41) is 3.51. The van der Waals surface area contributed by atoms with Gasteiger partial charge in [-0.25, -0.2) is 0 Å². The molecule has 102 valence electrons. The maximum Gasteiger partial charge on any atom is 0.243 e. The van der Waals surface area contributed by atoms with E-state index in [0.717, 1.165) is 5.56 Å². The van der Waals surface area contributed by atoms with Crippen LogP contribution in [0.3, 0.4) is 0 Å². The minimum atomic E-state index is -0.421. The fraction of sp³-hybridized carbons (Fsp3) is 0.385. The summed E-state index contributed by atoms with van der Waals surface area (Å²) >= 11 is 11.8. The summed E-state index contributed by atoms with van der Waals surface area (Å²) in [6.07, 6.45) is 0.582. The topological polar surface area (TPSA) is 49.4 Å². The standard InChI is InChI=1S/C13H14Cl2N2O2/c1-2-11-13(19)16-6-12(18)17(11)7-8-3-4-9(14)10(15)5-8/h3-5,11H,2,6-7H2,1H3,(H,16,19). The molecule has 2 rings (SSSR count). The Morgan fingerprint density at radius 2 is 2.05 bits per heavy atom. The van der Waals surface area contributed by atoms with Gasteiger partial charge in [-0.1, -0.05) is 36.2 Å². The highest BCUT2D eigenvalue weighted by Crippen LogP contribution is 2.24. The Hall–Kier alpha value is -1.26.